The third-order valence-corrected chi connectivity index (χ3v) is 9.74. The number of Topliss-reactive ketones (excluding diaryl/α,β-unsaturated/α-hetero) is 1. The fourth-order valence-electron chi connectivity index (χ4n) is 8.37. The van der Waals surface area contributed by atoms with E-state index in [2.05, 4.69) is 0 Å². The molecule has 0 aromatic heterocycles. The predicted octanol–water partition coefficient (Wildman–Crippen LogP) is 3.56. The number of halogens is 1. The maximum absolute atomic E-state index is 17.9. The van der Waals surface area contributed by atoms with Gasteiger partial charge in [0.25, 0.3) is 0 Å². The molecular weight excluding hydrogens is 483 g/mol. The van der Waals surface area contributed by atoms with Crippen molar-refractivity contribution in [3.05, 3.63) is 23.8 Å². The van der Waals surface area contributed by atoms with Gasteiger partial charge in [0.15, 0.2) is 29.4 Å². The lowest BCUT2D eigenvalue weighted by molar-refractivity contribution is -0.251. The van der Waals surface area contributed by atoms with Crippen molar-refractivity contribution in [3.63, 3.8) is 0 Å². The molecule has 0 bridgehead atoms. The summed E-state index contributed by atoms with van der Waals surface area (Å²) in [6, 6.07) is 0. The molecule has 4 aliphatic carbocycles. The van der Waals surface area contributed by atoms with Crippen molar-refractivity contribution in [2.45, 2.75) is 96.5 Å². The van der Waals surface area contributed by atoms with Crippen molar-refractivity contribution in [2.75, 3.05) is 6.61 Å². The van der Waals surface area contributed by atoms with Gasteiger partial charge in [0.1, 0.15) is 6.10 Å². The van der Waals surface area contributed by atoms with Crippen LogP contribution in [0.4, 0.5) is 4.39 Å². The van der Waals surface area contributed by atoms with Crippen LogP contribution in [0, 0.1) is 22.7 Å². The van der Waals surface area contributed by atoms with Gasteiger partial charge in [0.05, 0.1) is 6.10 Å². The molecule has 0 N–H and O–H groups in total. The highest BCUT2D eigenvalue weighted by molar-refractivity contribution is 6.01. The molecule has 202 valence electrons. The summed E-state index contributed by atoms with van der Waals surface area (Å²) < 4.78 is 41.4. The number of ketones is 2. The zero-order chi connectivity index (χ0) is 27.2. The lowest BCUT2D eigenvalue weighted by Crippen LogP contribution is -2.70. The number of alkyl halides is 1. The molecule has 0 aromatic rings. The highest BCUT2D eigenvalue weighted by Gasteiger charge is 2.80. The van der Waals surface area contributed by atoms with Crippen LogP contribution in [-0.4, -0.2) is 59.4 Å². The number of hydrogen-bond acceptors (Lipinski definition) is 8. The van der Waals surface area contributed by atoms with E-state index in [1.54, 1.807) is 26.8 Å². The molecule has 5 unspecified atom stereocenters. The first kappa shape index (κ1) is 26.2. The van der Waals surface area contributed by atoms with Gasteiger partial charge in [-0.25, -0.2) is 4.39 Å². The molecule has 0 amide bonds. The van der Waals surface area contributed by atoms with E-state index < -0.39 is 70.3 Å². The number of esters is 2. The lowest BCUT2D eigenvalue weighted by Gasteiger charge is -2.63. The minimum absolute atomic E-state index is 0.0106. The Kier molecular flexibility index (Phi) is 5.71. The first-order valence-electron chi connectivity index (χ1n) is 13.0. The monoisotopic (exact) mass is 518 g/mol. The van der Waals surface area contributed by atoms with Crippen molar-refractivity contribution in [1.82, 2.24) is 0 Å². The van der Waals surface area contributed by atoms with E-state index in [4.69, 9.17) is 18.9 Å². The Balaban J connectivity index is 1.65. The number of rotatable bonds is 4. The Labute approximate surface area is 215 Å². The molecule has 0 radical (unpaired) electrons. The minimum Gasteiger partial charge on any atom is -0.459 e. The van der Waals surface area contributed by atoms with E-state index in [1.165, 1.54) is 26.0 Å². The molecule has 0 aromatic carbocycles. The number of fused-ring (bicyclic) bond motifs is 7. The van der Waals surface area contributed by atoms with E-state index in [-0.39, 0.29) is 18.1 Å². The van der Waals surface area contributed by atoms with Crippen molar-refractivity contribution in [3.8, 4) is 0 Å². The molecule has 9 heteroatoms. The molecule has 8 nitrogen and oxygen atoms in total. The quantitative estimate of drug-likeness (QED) is 0.521. The van der Waals surface area contributed by atoms with Crippen molar-refractivity contribution in [2.24, 2.45) is 22.7 Å². The Bertz CT molecular complexity index is 1140. The number of ether oxygens (including phenoxy) is 4. The van der Waals surface area contributed by atoms with Gasteiger partial charge in [-0.2, -0.15) is 0 Å². The Morgan fingerprint density at radius 3 is 2.46 bits per heavy atom. The lowest BCUT2D eigenvalue weighted by atomic mass is 9.44. The molecule has 0 spiro atoms. The summed E-state index contributed by atoms with van der Waals surface area (Å²) in [5.74, 6) is -3.90. The van der Waals surface area contributed by atoms with Crippen molar-refractivity contribution < 1.29 is 42.5 Å². The highest BCUT2D eigenvalue weighted by Crippen LogP contribution is 2.72. The second-order valence-corrected chi connectivity index (χ2v) is 12.1. The van der Waals surface area contributed by atoms with Gasteiger partial charge in [0, 0.05) is 30.6 Å². The maximum atomic E-state index is 17.9. The summed E-state index contributed by atoms with van der Waals surface area (Å²) in [5, 5.41) is 0. The van der Waals surface area contributed by atoms with Gasteiger partial charge in [-0.05, 0) is 64.5 Å². The Hall–Kier alpha value is -2.39. The summed E-state index contributed by atoms with van der Waals surface area (Å²) in [6.45, 7) is 9.07. The molecule has 4 fully saturated rings. The van der Waals surface area contributed by atoms with Gasteiger partial charge in [-0.15, -0.1) is 0 Å². The minimum atomic E-state index is -2.02. The molecule has 5 aliphatic rings. The molecule has 37 heavy (non-hydrogen) atoms. The smallest absolute Gasteiger partial charge is 0.303 e. The maximum Gasteiger partial charge on any atom is 0.303 e. The summed E-state index contributed by atoms with van der Waals surface area (Å²) in [4.78, 5) is 49.9. The van der Waals surface area contributed by atoms with Crippen LogP contribution in [0.1, 0.15) is 67.2 Å². The predicted molar refractivity (Wildman–Crippen MR) is 128 cm³/mol. The molecular formula is C28H35FO8. The third kappa shape index (κ3) is 3.38. The van der Waals surface area contributed by atoms with Gasteiger partial charge >= 0.3 is 11.9 Å². The first-order valence-corrected chi connectivity index (χ1v) is 13.0. The van der Waals surface area contributed by atoms with Crippen molar-refractivity contribution in [1.29, 1.82) is 0 Å². The fourth-order valence-corrected chi connectivity index (χ4v) is 8.37. The standard InChI is InChI=1S/C28H35FO8/c1-15(30)34-14-21(33)28-22(36-24(3,4)37-28)12-20-19-8-7-17-11-18(32)9-10-25(17,5)27(19,29)23(35-16(2)31)13-26(20,28)6/h9-11,19-20,22-23H,7-8,12-14H2,1-6H3/t19?,20?,22?,23?,25-,26-,27?,28+/m0/s1. The summed E-state index contributed by atoms with van der Waals surface area (Å²) in [7, 11) is 0. The molecule has 1 aliphatic heterocycles. The Morgan fingerprint density at radius 1 is 1.11 bits per heavy atom. The van der Waals surface area contributed by atoms with Crippen LogP contribution < -0.4 is 0 Å². The van der Waals surface area contributed by atoms with Gasteiger partial charge in [-0.1, -0.05) is 18.6 Å². The van der Waals surface area contributed by atoms with Gasteiger partial charge < -0.3 is 18.9 Å². The number of allylic oxidation sites excluding steroid dienone is 4. The zero-order valence-electron chi connectivity index (χ0n) is 22.2. The zero-order valence-corrected chi connectivity index (χ0v) is 22.2. The van der Waals surface area contributed by atoms with Gasteiger partial charge in [-0.3, -0.25) is 19.2 Å². The normalized spacial score (nSPS) is 45.2. The fraction of sp³-hybridized carbons (Fsp3) is 0.714. The average molecular weight is 519 g/mol. The van der Waals surface area contributed by atoms with Crippen LogP contribution >= 0.6 is 0 Å². The topological polar surface area (TPSA) is 105 Å². The van der Waals surface area contributed by atoms with Crippen LogP contribution in [0.15, 0.2) is 23.8 Å². The number of carbonyl (C=O) groups excluding carboxylic acids is 4. The second kappa shape index (κ2) is 8.06. The average Bonchev–Trinajstić information content (AvgIpc) is 3.19. The summed E-state index contributed by atoms with van der Waals surface area (Å²) in [6.07, 6.45) is 3.91. The van der Waals surface area contributed by atoms with Crippen LogP contribution in [-0.2, 0) is 38.1 Å². The number of hydrogen-bond donors (Lipinski definition) is 0. The van der Waals surface area contributed by atoms with Crippen LogP contribution in [0.5, 0.6) is 0 Å². The van der Waals surface area contributed by atoms with Crippen LogP contribution in [0.2, 0.25) is 0 Å². The summed E-state index contributed by atoms with van der Waals surface area (Å²) in [5.41, 5.74) is -4.97. The number of carbonyl (C=O) groups is 4. The van der Waals surface area contributed by atoms with Crippen molar-refractivity contribution >= 4 is 23.5 Å². The third-order valence-electron chi connectivity index (χ3n) is 9.74. The molecule has 3 saturated carbocycles. The van der Waals surface area contributed by atoms with Crippen LogP contribution in [0.25, 0.3) is 0 Å². The molecule has 1 heterocycles. The SMILES string of the molecule is CC(=O)OCC(=O)[C@@]12OC(C)(C)OC1CC1C3CCC4=CC(=O)C=C[C@]4(C)C3(F)C(OC(C)=O)C[C@@]12C. The second-order valence-electron chi connectivity index (χ2n) is 12.1. The molecule has 8 atom stereocenters. The first-order chi connectivity index (χ1) is 17.1. The molecule has 1 saturated heterocycles. The van der Waals surface area contributed by atoms with E-state index in [9.17, 15) is 19.2 Å². The van der Waals surface area contributed by atoms with E-state index >= 15 is 4.39 Å². The molecule has 5 rings (SSSR count). The summed E-state index contributed by atoms with van der Waals surface area (Å²) >= 11 is 0. The highest BCUT2D eigenvalue weighted by atomic mass is 19.1. The van der Waals surface area contributed by atoms with Gasteiger partial charge in [0.2, 0.25) is 5.78 Å². The largest absolute Gasteiger partial charge is 0.459 e. The van der Waals surface area contributed by atoms with E-state index in [0.29, 0.717) is 24.8 Å². The van der Waals surface area contributed by atoms with E-state index in [1.807, 2.05) is 6.92 Å². The Morgan fingerprint density at radius 2 is 1.81 bits per heavy atom. The van der Waals surface area contributed by atoms with Crippen LogP contribution in [0.3, 0.4) is 0 Å². The van der Waals surface area contributed by atoms with E-state index in [0.717, 1.165) is 0 Å².